The van der Waals surface area contributed by atoms with Gasteiger partial charge in [-0.05, 0) is 42.0 Å². The van der Waals surface area contributed by atoms with E-state index in [1.807, 2.05) is 66.9 Å². The molecule has 0 aliphatic carbocycles. The zero-order valence-corrected chi connectivity index (χ0v) is 18.0. The molecule has 3 nitrogen and oxygen atoms in total. The van der Waals surface area contributed by atoms with E-state index in [-0.39, 0.29) is 11.7 Å². The van der Waals surface area contributed by atoms with Gasteiger partial charge in [-0.1, -0.05) is 72.5 Å². The van der Waals surface area contributed by atoms with E-state index in [1.165, 1.54) is 23.9 Å². The van der Waals surface area contributed by atoms with Gasteiger partial charge < -0.3 is 4.57 Å². The van der Waals surface area contributed by atoms with E-state index in [1.54, 1.807) is 17.0 Å². The molecule has 5 rings (SSSR count). The van der Waals surface area contributed by atoms with Crippen LogP contribution in [0.25, 0.3) is 17.0 Å². The summed E-state index contributed by atoms with van der Waals surface area (Å²) in [4.78, 5) is 15.3. The molecule has 0 saturated carbocycles. The number of fused-ring (bicyclic) bond motifs is 1. The maximum absolute atomic E-state index is 13.3. The lowest BCUT2D eigenvalue weighted by molar-refractivity contribution is -0.113. The lowest BCUT2D eigenvalue weighted by Gasteiger charge is -2.13. The Morgan fingerprint density at radius 3 is 2.42 bits per heavy atom. The van der Waals surface area contributed by atoms with E-state index < -0.39 is 0 Å². The van der Waals surface area contributed by atoms with E-state index in [0.29, 0.717) is 15.8 Å². The van der Waals surface area contributed by atoms with Crippen LogP contribution < -0.4 is 4.90 Å². The van der Waals surface area contributed by atoms with Gasteiger partial charge in [0.15, 0.2) is 4.32 Å². The van der Waals surface area contributed by atoms with Crippen molar-refractivity contribution in [2.24, 2.45) is 0 Å². The number of hydrogen-bond donors (Lipinski definition) is 0. The van der Waals surface area contributed by atoms with Crippen LogP contribution >= 0.6 is 24.0 Å². The van der Waals surface area contributed by atoms with E-state index in [4.69, 9.17) is 12.2 Å². The molecule has 1 aliphatic rings. The van der Waals surface area contributed by atoms with Crippen molar-refractivity contribution >= 4 is 56.9 Å². The van der Waals surface area contributed by atoms with Crippen molar-refractivity contribution in [3.05, 3.63) is 107 Å². The zero-order valence-electron chi connectivity index (χ0n) is 16.4. The number of hydrogen-bond acceptors (Lipinski definition) is 3. The first kappa shape index (κ1) is 19.7. The lowest BCUT2D eigenvalue weighted by atomic mass is 10.1. The van der Waals surface area contributed by atoms with Gasteiger partial charge >= 0.3 is 0 Å². The molecule has 31 heavy (non-hydrogen) atoms. The monoisotopic (exact) mass is 444 g/mol. The van der Waals surface area contributed by atoms with Crippen LogP contribution in [-0.4, -0.2) is 14.8 Å². The third kappa shape index (κ3) is 3.80. The molecule has 0 atom stereocenters. The highest BCUT2D eigenvalue weighted by atomic mass is 32.2. The van der Waals surface area contributed by atoms with Gasteiger partial charge in [0.05, 0.1) is 10.6 Å². The third-order valence-corrected chi connectivity index (χ3v) is 6.48. The number of carbonyl (C=O) groups excluding carboxylic acids is 1. The van der Waals surface area contributed by atoms with Crippen molar-refractivity contribution in [2.45, 2.75) is 6.54 Å². The van der Waals surface area contributed by atoms with Crippen LogP contribution in [0.15, 0.2) is 90.0 Å². The molecule has 1 fully saturated rings. The number of anilines is 1. The van der Waals surface area contributed by atoms with Gasteiger partial charge in [-0.3, -0.25) is 9.69 Å². The Morgan fingerprint density at radius 2 is 1.65 bits per heavy atom. The standard InChI is InChI=1S/C25H17FN2OS2/c26-19-12-10-17(11-13-19)15-27-16-18(21-8-4-5-9-22(21)27)14-23-24(29)28(25(30)31-23)20-6-2-1-3-7-20/h1-14,16H,15H2/b23-14+. The lowest BCUT2D eigenvalue weighted by Crippen LogP contribution is -2.27. The highest BCUT2D eigenvalue weighted by Gasteiger charge is 2.33. The topological polar surface area (TPSA) is 25.2 Å². The summed E-state index contributed by atoms with van der Waals surface area (Å²) in [7, 11) is 0. The van der Waals surface area contributed by atoms with Crippen LogP contribution in [0, 0.1) is 5.82 Å². The SMILES string of the molecule is O=C1/C(=C\c2cn(Cc3ccc(F)cc3)c3ccccc23)SC(=S)N1c1ccccc1. The Morgan fingerprint density at radius 1 is 0.935 bits per heavy atom. The fourth-order valence-electron chi connectivity index (χ4n) is 3.72. The van der Waals surface area contributed by atoms with E-state index >= 15 is 0 Å². The number of aromatic nitrogens is 1. The molecule has 0 N–H and O–H groups in total. The predicted molar refractivity (Wildman–Crippen MR) is 130 cm³/mol. The van der Waals surface area contributed by atoms with Crippen molar-refractivity contribution in [3.63, 3.8) is 0 Å². The molecule has 1 aromatic heterocycles. The number of amides is 1. The quantitative estimate of drug-likeness (QED) is 0.275. The predicted octanol–water partition coefficient (Wildman–Crippen LogP) is 6.23. The average molecular weight is 445 g/mol. The summed E-state index contributed by atoms with van der Waals surface area (Å²) in [6, 6.07) is 24.0. The van der Waals surface area contributed by atoms with Crippen molar-refractivity contribution in [1.82, 2.24) is 4.57 Å². The summed E-state index contributed by atoms with van der Waals surface area (Å²) in [5.74, 6) is -0.362. The van der Waals surface area contributed by atoms with Gasteiger partial charge in [0, 0.05) is 29.2 Å². The first-order chi connectivity index (χ1) is 15.1. The molecule has 6 heteroatoms. The molecular weight excluding hydrogens is 427 g/mol. The Hall–Kier alpha value is -3.22. The summed E-state index contributed by atoms with van der Waals surface area (Å²) >= 11 is 6.80. The normalized spacial score (nSPS) is 15.4. The van der Waals surface area contributed by atoms with Crippen LogP contribution in [0.5, 0.6) is 0 Å². The number of nitrogens with zero attached hydrogens (tertiary/aromatic N) is 2. The van der Waals surface area contributed by atoms with Gasteiger partial charge in [-0.15, -0.1) is 0 Å². The summed E-state index contributed by atoms with van der Waals surface area (Å²) in [6.45, 7) is 0.611. The fourth-order valence-corrected chi connectivity index (χ4v) is 5.01. The number of benzene rings is 3. The minimum Gasteiger partial charge on any atom is -0.342 e. The first-order valence-electron chi connectivity index (χ1n) is 9.75. The molecule has 3 aromatic carbocycles. The molecule has 0 radical (unpaired) electrons. The Labute approximate surface area is 188 Å². The number of para-hydroxylation sites is 2. The summed E-state index contributed by atoms with van der Waals surface area (Å²) in [5, 5.41) is 1.05. The minimum absolute atomic E-state index is 0.114. The molecule has 2 heterocycles. The fraction of sp³-hybridized carbons (Fsp3) is 0.0400. The number of halogens is 1. The van der Waals surface area contributed by atoms with Crippen molar-refractivity contribution < 1.29 is 9.18 Å². The summed E-state index contributed by atoms with van der Waals surface area (Å²) in [6.07, 6.45) is 3.94. The van der Waals surface area contributed by atoms with Crippen molar-refractivity contribution in [1.29, 1.82) is 0 Å². The molecule has 152 valence electrons. The largest absolute Gasteiger partial charge is 0.342 e. The molecule has 1 aliphatic heterocycles. The van der Waals surface area contributed by atoms with E-state index in [0.717, 1.165) is 27.7 Å². The van der Waals surface area contributed by atoms with Crippen molar-refractivity contribution in [2.75, 3.05) is 4.90 Å². The van der Waals surface area contributed by atoms with Gasteiger partial charge in [-0.25, -0.2) is 4.39 Å². The molecule has 0 spiro atoms. The highest BCUT2D eigenvalue weighted by molar-refractivity contribution is 8.27. The number of carbonyl (C=O) groups is 1. The van der Waals surface area contributed by atoms with Gasteiger partial charge in [0.2, 0.25) is 0 Å². The molecule has 4 aromatic rings. The minimum atomic E-state index is -0.248. The van der Waals surface area contributed by atoms with Crippen LogP contribution in [-0.2, 0) is 11.3 Å². The summed E-state index contributed by atoms with van der Waals surface area (Å²) in [5.41, 5.74) is 3.78. The smallest absolute Gasteiger partial charge is 0.270 e. The molecule has 1 amide bonds. The van der Waals surface area contributed by atoms with Gasteiger partial charge in [0.25, 0.3) is 5.91 Å². The average Bonchev–Trinajstić information content (AvgIpc) is 3.27. The van der Waals surface area contributed by atoms with Crippen molar-refractivity contribution in [3.8, 4) is 0 Å². The molecule has 1 saturated heterocycles. The molecule has 0 unspecified atom stereocenters. The van der Waals surface area contributed by atoms with Crippen LogP contribution in [0.3, 0.4) is 0 Å². The first-order valence-corrected chi connectivity index (χ1v) is 11.0. The van der Waals surface area contributed by atoms with Gasteiger partial charge in [0.1, 0.15) is 5.82 Å². The number of rotatable bonds is 4. The maximum Gasteiger partial charge on any atom is 0.270 e. The van der Waals surface area contributed by atoms with Crippen LogP contribution in [0.2, 0.25) is 0 Å². The van der Waals surface area contributed by atoms with Gasteiger partial charge in [-0.2, -0.15) is 0 Å². The second-order valence-corrected chi connectivity index (χ2v) is 8.88. The molecular formula is C25H17FN2OS2. The van der Waals surface area contributed by atoms with Crippen LogP contribution in [0.1, 0.15) is 11.1 Å². The highest BCUT2D eigenvalue weighted by Crippen LogP contribution is 2.37. The zero-order chi connectivity index (χ0) is 21.4. The Balaban J connectivity index is 1.52. The van der Waals surface area contributed by atoms with Crippen LogP contribution in [0.4, 0.5) is 10.1 Å². The van der Waals surface area contributed by atoms with E-state index in [2.05, 4.69) is 4.57 Å². The Kier molecular flexibility index (Phi) is 5.18. The summed E-state index contributed by atoms with van der Waals surface area (Å²) < 4.78 is 15.9. The second kappa shape index (κ2) is 8.13. The number of thioether (sulfide) groups is 1. The Bertz CT molecular complexity index is 1330. The van der Waals surface area contributed by atoms with E-state index in [9.17, 15) is 9.18 Å². The third-order valence-electron chi connectivity index (χ3n) is 5.18. The maximum atomic E-state index is 13.3. The second-order valence-electron chi connectivity index (χ2n) is 7.21. The number of thiocarbonyl (C=S) groups is 1. The molecule has 0 bridgehead atoms.